The lowest BCUT2D eigenvalue weighted by Gasteiger charge is -2.34. The van der Waals surface area contributed by atoms with Gasteiger partial charge < -0.3 is 9.13 Å². The van der Waals surface area contributed by atoms with Gasteiger partial charge in [-0.3, -0.25) is 0 Å². The molecular weight excluding hydrogens is 633 g/mol. The molecule has 0 radical (unpaired) electrons. The highest BCUT2D eigenvalue weighted by Gasteiger charge is 2.41. The molecule has 3 heteroatoms. The number of para-hydroxylation sites is 3. The van der Waals surface area contributed by atoms with E-state index in [1.54, 1.807) is 0 Å². The Hall–Kier alpha value is -6.42. The quantitative estimate of drug-likeness (QED) is 0.124. The fourth-order valence-electron chi connectivity index (χ4n) is 8.50. The van der Waals surface area contributed by atoms with E-state index in [4.69, 9.17) is 0 Å². The fraction of sp³-hybridized carbons (Fsp3) is 0. The average Bonchev–Trinajstić information content (AvgIpc) is 3.72. The molecule has 0 spiro atoms. The van der Waals surface area contributed by atoms with Crippen LogP contribution in [0.3, 0.4) is 0 Å². The van der Waals surface area contributed by atoms with Crippen molar-refractivity contribution in [2.45, 2.75) is 0 Å². The van der Waals surface area contributed by atoms with Crippen molar-refractivity contribution in [3.63, 3.8) is 0 Å². The van der Waals surface area contributed by atoms with Gasteiger partial charge in [0.05, 0.1) is 22.1 Å². The fourth-order valence-corrected chi connectivity index (χ4v) is 13.3. The number of hydrogen-bond acceptors (Lipinski definition) is 0. The Morgan fingerprint density at radius 3 is 1.18 bits per heavy atom. The van der Waals surface area contributed by atoms with E-state index in [0.29, 0.717) is 0 Å². The van der Waals surface area contributed by atoms with E-state index in [1.807, 2.05) is 0 Å². The molecule has 0 saturated carbocycles. The molecule has 0 atom stereocenters. The largest absolute Gasteiger partial charge is 0.309 e. The molecule has 2 heterocycles. The van der Waals surface area contributed by atoms with Crippen LogP contribution < -0.4 is 20.7 Å². The number of nitrogens with zero attached hydrogens (tertiary/aromatic N) is 2. The van der Waals surface area contributed by atoms with Crippen LogP contribution in [0.25, 0.3) is 55.0 Å². The third-order valence-corrected chi connectivity index (χ3v) is 15.4. The summed E-state index contributed by atoms with van der Waals surface area (Å²) in [6.45, 7) is 0. The molecule has 0 N–H and O–H groups in total. The first kappa shape index (κ1) is 29.5. The van der Waals surface area contributed by atoms with Gasteiger partial charge in [-0.15, -0.1) is 0 Å². The van der Waals surface area contributed by atoms with Gasteiger partial charge in [0.25, 0.3) is 0 Å². The minimum atomic E-state index is -2.73. The molecule has 0 aliphatic heterocycles. The molecule has 8 aromatic carbocycles. The van der Waals surface area contributed by atoms with Gasteiger partial charge in [0.2, 0.25) is 0 Å². The van der Waals surface area contributed by atoms with Crippen LogP contribution in [-0.4, -0.2) is 17.2 Å². The summed E-state index contributed by atoms with van der Waals surface area (Å²) >= 11 is 0. The maximum Gasteiger partial charge on any atom is 0.179 e. The third-order valence-electron chi connectivity index (χ3n) is 10.7. The Morgan fingerprint density at radius 2 is 0.647 bits per heavy atom. The first-order valence-corrected chi connectivity index (χ1v) is 19.6. The molecule has 0 saturated heterocycles. The van der Waals surface area contributed by atoms with E-state index in [1.165, 1.54) is 64.4 Å². The van der Waals surface area contributed by atoms with Crippen LogP contribution in [0, 0.1) is 0 Å². The molecule has 10 aromatic rings. The molecule has 240 valence electrons. The third kappa shape index (κ3) is 4.49. The zero-order valence-corrected chi connectivity index (χ0v) is 29.0. The number of fused-ring (bicyclic) bond motifs is 6. The lowest BCUT2D eigenvalue weighted by atomic mass is 10.1. The molecule has 0 bridgehead atoms. The van der Waals surface area contributed by atoms with E-state index in [2.05, 4.69) is 215 Å². The van der Waals surface area contributed by atoms with Gasteiger partial charge in [-0.2, -0.15) is 0 Å². The van der Waals surface area contributed by atoms with Crippen LogP contribution >= 0.6 is 0 Å². The number of aromatic nitrogens is 2. The van der Waals surface area contributed by atoms with Crippen LogP contribution in [0.15, 0.2) is 206 Å². The number of hydrogen-bond donors (Lipinski definition) is 0. The van der Waals surface area contributed by atoms with E-state index in [0.717, 1.165) is 11.4 Å². The molecule has 2 aromatic heterocycles. The van der Waals surface area contributed by atoms with Crippen molar-refractivity contribution in [3.05, 3.63) is 206 Å². The van der Waals surface area contributed by atoms with Crippen molar-refractivity contribution in [1.29, 1.82) is 0 Å². The van der Waals surface area contributed by atoms with Gasteiger partial charge in [0.1, 0.15) is 0 Å². The highest BCUT2D eigenvalue weighted by molar-refractivity contribution is 7.20. The molecular formula is C48H34N2Si. The van der Waals surface area contributed by atoms with Crippen LogP contribution in [0.5, 0.6) is 0 Å². The molecule has 0 unspecified atom stereocenters. The first-order chi connectivity index (χ1) is 25.3. The summed E-state index contributed by atoms with van der Waals surface area (Å²) in [6, 6.07) is 76.2. The second-order valence-electron chi connectivity index (χ2n) is 13.3. The predicted octanol–water partition coefficient (Wildman–Crippen LogP) is 9.26. The van der Waals surface area contributed by atoms with Crippen molar-refractivity contribution in [2.24, 2.45) is 0 Å². The Bertz CT molecular complexity index is 2690. The van der Waals surface area contributed by atoms with Crippen molar-refractivity contribution in [1.82, 2.24) is 9.13 Å². The Balaban J connectivity index is 1.32. The Kier molecular flexibility index (Phi) is 6.86. The zero-order chi connectivity index (χ0) is 33.8. The highest BCUT2D eigenvalue weighted by atomic mass is 28.3. The van der Waals surface area contributed by atoms with Crippen molar-refractivity contribution < 1.29 is 0 Å². The lowest BCUT2D eigenvalue weighted by Crippen LogP contribution is -2.74. The SMILES string of the molecule is c1ccc(-n2c3ccc(-n4c5ccccc5c5ccccc54)cc3c3cc([Si](c4ccccc4)(c4ccccc4)c4ccccc4)ccc32)cc1. The molecule has 0 aliphatic rings. The van der Waals surface area contributed by atoms with Crippen molar-refractivity contribution >= 4 is 72.4 Å². The standard InChI is InChI=1S/C48H34N2Si/c1-5-17-35(18-6-1)49-47-31-29-36(50-45-27-15-13-25-41(45)42-26-14-16-28-46(42)50)33-43(47)44-34-40(30-32-48(44)49)51(37-19-7-2-8-20-37,38-21-9-3-10-22-38)39-23-11-4-12-24-39/h1-34H. The van der Waals surface area contributed by atoms with Gasteiger partial charge in [-0.05, 0) is 69.3 Å². The predicted molar refractivity (Wildman–Crippen MR) is 219 cm³/mol. The van der Waals surface area contributed by atoms with Gasteiger partial charge in [-0.25, -0.2) is 0 Å². The van der Waals surface area contributed by atoms with Crippen molar-refractivity contribution in [2.75, 3.05) is 0 Å². The first-order valence-electron chi connectivity index (χ1n) is 17.6. The molecule has 0 amide bonds. The van der Waals surface area contributed by atoms with Gasteiger partial charge in [0, 0.05) is 32.9 Å². The minimum absolute atomic E-state index is 1.16. The maximum absolute atomic E-state index is 2.73. The summed E-state index contributed by atoms with van der Waals surface area (Å²) in [6.07, 6.45) is 0. The minimum Gasteiger partial charge on any atom is -0.309 e. The number of rotatable bonds is 6. The van der Waals surface area contributed by atoms with Crippen LogP contribution in [0.1, 0.15) is 0 Å². The molecule has 0 aliphatic carbocycles. The molecule has 2 nitrogen and oxygen atoms in total. The van der Waals surface area contributed by atoms with E-state index >= 15 is 0 Å². The topological polar surface area (TPSA) is 9.86 Å². The second kappa shape index (κ2) is 11.9. The summed E-state index contributed by atoms with van der Waals surface area (Å²) in [5.74, 6) is 0. The van der Waals surface area contributed by atoms with Crippen LogP contribution in [-0.2, 0) is 0 Å². The summed E-state index contributed by atoms with van der Waals surface area (Å²) in [5.41, 5.74) is 7.16. The molecule has 10 rings (SSSR count). The number of benzene rings is 8. The maximum atomic E-state index is 2.52. The lowest BCUT2D eigenvalue weighted by molar-refractivity contribution is 1.17. The molecule has 51 heavy (non-hydrogen) atoms. The monoisotopic (exact) mass is 666 g/mol. The van der Waals surface area contributed by atoms with E-state index < -0.39 is 8.07 Å². The van der Waals surface area contributed by atoms with Crippen LogP contribution in [0.4, 0.5) is 0 Å². The molecule has 0 fully saturated rings. The summed E-state index contributed by atoms with van der Waals surface area (Å²) in [5, 5.41) is 10.5. The second-order valence-corrected chi connectivity index (χ2v) is 17.1. The van der Waals surface area contributed by atoms with Gasteiger partial charge in [-0.1, -0.05) is 158 Å². The smallest absolute Gasteiger partial charge is 0.179 e. The summed E-state index contributed by atoms with van der Waals surface area (Å²) in [7, 11) is -2.73. The van der Waals surface area contributed by atoms with Gasteiger partial charge >= 0.3 is 0 Å². The van der Waals surface area contributed by atoms with E-state index in [-0.39, 0.29) is 0 Å². The normalized spacial score (nSPS) is 11.9. The zero-order valence-electron chi connectivity index (χ0n) is 28.0. The van der Waals surface area contributed by atoms with Crippen LogP contribution in [0.2, 0.25) is 0 Å². The van der Waals surface area contributed by atoms with E-state index in [9.17, 15) is 0 Å². The summed E-state index contributed by atoms with van der Waals surface area (Å²) < 4.78 is 4.86. The highest BCUT2D eigenvalue weighted by Crippen LogP contribution is 2.36. The van der Waals surface area contributed by atoms with Crippen molar-refractivity contribution in [3.8, 4) is 11.4 Å². The summed E-state index contributed by atoms with van der Waals surface area (Å²) in [4.78, 5) is 0. The average molecular weight is 667 g/mol. The van der Waals surface area contributed by atoms with Gasteiger partial charge in [0.15, 0.2) is 8.07 Å². The Morgan fingerprint density at radius 1 is 0.255 bits per heavy atom. The Labute approximate surface area is 298 Å².